The number of imidazole rings is 1. The van der Waals surface area contributed by atoms with E-state index in [9.17, 15) is 5.26 Å². The van der Waals surface area contributed by atoms with Gasteiger partial charge < -0.3 is 14.5 Å². The third kappa shape index (κ3) is 4.78. The quantitative estimate of drug-likeness (QED) is 0.228. The van der Waals surface area contributed by atoms with Crippen LogP contribution < -0.4 is 9.47 Å². The fraction of sp³-hybridized carbons (Fsp3) is 0.154. The first-order valence-corrected chi connectivity index (χ1v) is 11.2. The molecule has 0 aliphatic heterocycles. The molecule has 1 aromatic heterocycles. The van der Waals surface area contributed by atoms with Crippen LogP contribution in [0.3, 0.4) is 0 Å². The minimum Gasteiger partial charge on any atom is -0.493 e. The number of hydrogen-bond donors (Lipinski definition) is 1. The summed E-state index contributed by atoms with van der Waals surface area (Å²) in [7, 11) is 1.61. The summed E-state index contributed by atoms with van der Waals surface area (Å²) in [5.74, 6) is 1.80. The molecule has 0 fully saturated rings. The summed E-state index contributed by atoms with van der Waals surface area (Å²) in [5, 5.41) is 9.75. The van der Waals surface area contributed by atoms with Gasteiger partial charge in [-0.25, -0.2) is 4.98 Å². The Kier molecular flexibility index (Phi) is 6.47. The van der Waals surface area contributed by atoms with Crippen LogP contribution in [0.4, 0.5) is 0 Å². The van der Waals surface area contributed by atoms with Gasteiger partial charge in [-0.3, -0.25) is 0 Å². The van der Waals surface area contributed by atoms with Crippen LogP contribution in [0.5, 0.6) is 11.5 Å². The van der Waals surface area contributed by atoms with E-state index in [0.717, 1.165) is 22.2 Å². The summed E-state index contributed by atoms with van der Waals surface area (Å²) in [6.45, 7) is 4.56. The van der Waals surface area contributed by atoms with Crippen molar-refractivity contribution >= 4 is 45.3 Å². The van der Waals surface area contributed by atoms with Crippen LogP contribution in [0.25, 0.3) is 22.7 Å². The summed E-state index contributed by atoms with van der Waals surface area (Å²) < 4.78 is 12.7. The third-order valence-corrected chi connectivity index (χ3v) is 6.00. The highest BCUT2D eigenvalue weighted by atomic mass is 127. The van der Waals surface area contributed by atoms with Gasteiger partial charge in [0, 0.05) is 3.57 Å². The number of aromatic nitrogens is 2. The molecule has 0 spiro atoms. The summed E-state index contributed by atoms with van der Waals surface area (Å²) in [5.41, 5.74) is 6.48. The monoisotopic (exact) mass is 535 g/mol. The normalized spacial score (nSPS) is 11.4. The molecule has 0 radical (unpaired) electrons. The van der Waals surface area contributed by atoms with Crippen LogP contribution in [-0.2, 0) is 6.61 Å². The molecule has 0 atom stereocenters. The lowest BCUT2D eigenvalue weighted by molar-refractivity contribution is 0.284. The van der Waals surface area contributed by atoms with E-state index < -0.39 is 0 Å². The van der Waals surface area contributed by atoms with Crippen molar-refractivity contribution in [2.24, 2.45) is 0 Å². The van der Waals surface area contributed by atoms with E-state index in [1.54, 1.807) is 13.2 Å². The van der Waals surface area contributed by atoms with Crippen LogP contribution >= 0.6 is 22.6 Å². The zero-order chi connectivity index (χ0) is 22.7. The van der Waals surface area contributed by atoms with Gasteiger partial charge in [0.2, 0.25) is 0 Å². The molecule has 32 heavy (non-hydrogen) atoms. The summed E-state index contributed by atoms with van der Waals surface area (Å²) >= 11 is 2.28. The lowest BCUT2D eigenvalue weighted by Gasteiger charge is -2.11. The molecular formula is C26H22IN3O2. The molecule has 0 amide bonds. The Morgan fingerprint density at radius 2 is 1.81 bits per heavy atom. The molecule has 3 aromatic carbocycles. The van der Waals surface area contributed by atoms with E-state index >= 15 is 0 Å². The number of ether oxygens (including phenoxy) is 2. The average Bonchev–Trinajstić information content (AvgIpc) is 3.20. The minimum absolute atomic E-state index is 0.448. The number of H-pyrrole nitrogens is 1. The Bertz CT molecular complexity index is 1310. The fourth-order valence-corrected chi connectivity index (χ4v) is 3.71. The predicted molar refractivity (Wildman–Crippen MR) is 136 cm³/mol. The number of halogens is 1. The lowest BCUT2D eigenvalue weighted by Crippen LogP contribution is -1.98. The number of benzene rings is 3. The number of allylic oxidation sites excluding steroid dienone is 1. The molecule has 0 saturated heterocycles. The number of nitriles is 1. The first-order valence-electron chi connectivity index (χ1n) is 10.1. The second-order valence-corrected chi connectivity index (χ2v) is 8.78. The molecule has 1 heterocycles. The SMILES string of the molecule is COc1cc(/C=C(/C#N)c2nc3cc(C)c(C)cc3[nH]2)ccc1OCc1ccc(I)cc1. The Hall–Kier alpha value is -3.31. The molecule has 0 bridgehead atoms. The van der Waals surface area contributed by atoms with Crippen molar-refractivity contribution in [1.29, 1.82) is 5.26 Å². The highest BCUT2D eigenvalue weighted by Gasteiger charge is 2.11. The van der Waals surface area contributed by atoms with Gasteiger partial charge in [0.15, 0.2) is 11.5 Å². The van der Waals surface area contributed by atoms with Crippen LogP contribution in [0.1, 0.15) is 28.1 Å². The maximum Gasteiger partial charge on any atom is 0.161 e. The number of nitrogens with zero attached hydrogens (tertiary/aromatic N) is 2. The highest BCUT2D eigenvalue weighted by molar-refractivity contribution is 14.1. The zero-order valence-electron chi connectivity index (χ0n) is 18.1. The lowest BCUT2D eigenvalue weighted by atomic mass is 10.1. The molecule has 5 nitrogen and oxygen atoms in total. The van der Waals surface area contributed by atoms with Crippen molar-refractivity contribution in [2.45, 2.75) is 20.5 Å². The molecular weight excluding hydrogens is 513 g/mol. The van der Waals surface area contributed by atoms with Crippen molar-refractivity contribution in [3.05, 3.63) is 86.2 Å². The number of rotatable bonds is 6. The van der Waals surface area contributed by atoms with Gasteiger partial charge in [0.25, 0.3) is 0 Å². The number of methoxy groups -OCH3 is 1. The molecule has 1 N–H and O–H groups in total. The Balaban J connectivity index is 1.59. The molecule has 4 aromatic rings. The van der Waals surface area contributed by atoms with Gasteiger partial charge in [-0.2, -0.15) is 5.26 Å². The van der Waals surface area contributed by atoms with E-state index in [2.05, 4.69) is 70.7 Å². The number of aromatic amines is 1. The van der Waals surface area contributed by atoms with Crippen molar-refractivity contribution < 1.29 is 9.47 Å². The van der Waals surface area contributed by atoms with E-state index in [1.807, 2.05) is 36.4 Å². The van der Waals surface area contributed by atoms with E-state index in [4.69, 9.17) is 9.47 Å². The highest BCUT2D eigenvalue weighted by Crippen LogP contribution is 2.30. The van der Waals surface area contributed by atoms with Gasteiger partial charge in [0.1, 0.15) is 18.5 Å². The molecule has 160 valence electrons. The van der Waals surface area contributed by atoms with Gasteiger partial charge >= 0.3 is 0 Å². The zero-order valence-corrected chi connectivity index (χ0v) is 20.2. The van der Waals surface area contributed by atoms with Crippen molar-refractivity contribution in [3.63, 3.8) is 0 Å². The van der Waals surface area contributed by atoms with Crippen LogP contribution in [0.15, 0.2) is 54.6 Å². The second-order valence-electron chi connectivity index (χ2n) is 7.53. The van der Waals surface area contributed by atoms with E-state index in [0.29, 0.717) is 29.5 Å². The number of fused-ring (bicyclic) bond motifs is 1. The molecule has 6 heteroatoms. The third-order valence-electron chi connectivity index (χ3n) is 5.28. The molecule has 0 aliphatic carbocycles. The molecule has 0 unspecified atom stereocenters. The maximum atomic E-state index is 9.75. The smallest absolute Gasteiger partial charge is 0.161 e. The van der Waals surface area contributed by atoms with Crippen molar-refractivity contribution in [2.75, 3.05) is 7.11 Å². The van der Waals surface area contributed by atoms with Crippen molar-refractivity contribution in [3.8, 4) is 17.6 Å². The number of hydrogen-bond acceptors (Lipinski definition) is 4. The van der Waals surface area contributed by atoms with Gasteiger partial charge in [-0.1, -0.05) is 18.2 Å². The van der Waals surface area contributed by atoms with Crippen LogP contribution in [-0.4, -0.2) is 17.1 Å². The molecule has 0 saturated carbocycles. The topological polar surface area (TPSA) is 70.9 Å². The van der Waals surface area contributed by atoms with Crippen LogP contribution in [0, 0.1) is 28.7 Å². The fourth-order valence-electron chi connectivity index (χ4n) is 3.35. The first kappa shape index (κ1) is 21.9. The standard InChI is InChI=1S/C26H22IN3O2/c1-16-10-22-23(11-17(16)2)30-26(29-22)20(14-28)12-19-6-9-24(25(13-19)31-3)32-15-18-4-7-21(27)8-5-18/h4-13H,15H2,1-3H3,(H,29,30)/b20-12-. The summed E-state index contributed by atoms with van der Waals surface area (Å²) in [4.78, 5) is 7.87. The van der Waals surface area contributed by atoms with Crippen molar-refractivity contribution in [1.82, 2.24) is 9.97 Å². The summed E-state index contributed by atoms with van der Waals surface area (Å²) in [6.07, 6.45) is 1.79. The van der Waals surface area contributed by atoms with E-state index in [-0.39, 0.29) is 0 Å². The van der Waals surface area contributed by atoms with Gasteiger partial charge in [0.05, 0.1) is 23.7 Å². The van der Waals surface area contributed by atoms with Crippen LogP contribution in [0.2, 0.25) is 0 Å². The maximum absolute atomic E-state index is 9.75. The second kappa shape index (κ2) is 9.45. The number of nitrogens with one attached hydrogen (secondary N) is 1. The Morgan fingerprint density at radius 3 is 2.53 bits per heavy atom. The molecule has 0 aliphatic rings. The predicted octanol–water partition coefficient (Wildman–Crippen LogP) is 6.44. The number of aryl methyl sites for hydroxylation is 2. The van der Waals surface area contributed by atoms with Gasteiger partial charge in [-0.05, 0) is 101 Å². The average molecular weight is 535 g/mol. The Morgan fingerprint density at radius 1 is 1.06 bits per heavy atom. The summed E-state index contributed by atoms with van der Waals surface area (Å²) in [6, 6.07) is 20.1. The van der Waals surface area contributed by atoms with E-state index in [1.165, 1.54) is 14.7 Å². The largest absolute Gasteiger partial charge is 0.493 e. The first-order chi connectivity index (χ1) is 15.5. The Labute approximate surface area is 200 Å². The molecule has 4 rings (SSSR count). The minimum atomic E-state index is 0.448. The van der Waals surface area contributed by atoms with Gasteiger partial charge in [-0.15, -0.1) is 0 Å².